The summed E-state index contributed by atoms with van der Waals surface area (Å²) in [7, 11) is 0.654. The summed E-state index contributed by atoms with van der Waals surface area (Å²) < 4.78 is 14.7. The van der Waals surface area contributed by atoms with Gasteiger partial charge in [0, 0.05) is 27.8 Å². The van der Waals surface area contributed by atoms with Gasteiger partial charge in [-0.2, -0.15) is 0 Å². The Morgan fingerprint density at radius 3 is 1.50 bits per heavy atom. The quantitative estimate of drug-likeness (QED) is 0.458. The van der Waals surface area contributed by atoms with E-state index in [0.717, 1.165) is 0 Å². The molecule has 12 heavy (non-hydrogen) atoms. The summed E-state index contributed by atoms with van der Waals surface area (Å²) in [6.45, 7) is 1.61. The molecule has 0 saturated heterocycles. The molecule has 74 valence electrons. The van der Waals surface area contributed by atoms with Gasteiger partial charge in [0.15, 0.2) is 0 Å². The average Bonchev–Trinajstić information content (AvgIpc) is 2.08. The van der Waals surface area contributed by atoms with Crippen LogP contribution in [0.25, 0.3) is 0 Å². The van der Waals surface area contributed by atoms with Crippen molar-refractivity contribution in [3.63, 3.8) is 0 Å². The smallest absolute Gasteiger partial charge is 0.374 e. The molecule has 5 nitrogen and oxygen atoms in total. The van der Waals surface area contributed by atoms with Gasteiger partial charge in [0.25, 0.3) is 0 Å². The first-order chi connectivity index (χ1) is 5.49. The van der Waals surface area contributed by atoms with Gasteiger partial charge >= 0.3 is 8.80 Å². The maximum atomic E-state index is 9.48. The Kier molecular flexibility index (Phi) is 4.31. The van der Waals surface area contributed by atoms with E-state index in [2.05, 4.69) is 0 Å². The van der Waals surface area contributed by atoms with E-state index in [-0.39, 0.29) is 6.42 Å². The van der Waals surface area contributed by atoms with E-state index in [9.17, 15) is 10.2 Å². The molecule has 0 aliphatic heterocycles. The highest BCUT2D eigenvalue weighted by Gasteiger charge is 2.58. The molecule has 2 N–H and O–H groups in total. The van der Waals surface area contributed by atoms with Gasteiger partial charge in [-0.25, -0.2) is 0 Å². The van der Waals surface area contributed by atoms with E-state index in [1.165, 1.54) is 21.3 Å². The van der Waals surface area contributed by atoms with Crippen molar-refractivity contribution >= 4 is 8.80 Å². The van der Waals surface area contributed by atoms with Gasteiger partial charge < -0.3 is 23.5 Å². The van der Waals surface area contributed by atoms with Crippen LogP contribution in [0.1, 0.15) is 13.3 Å². The average molecular weight is 196 g/mol. The minimum atomic E-state index is -3.33. The molecule has 0 rings (SSSR count). The molecular formula is C6H16O5Si. The highest BCUT2D eigenvalue weighted by Crippen LogP contribution is 2.23. The van der Waals surface area contributed by atoms with Crippen molar-refractivity contribution in [2.45, 2.75) is 18.8 Å². The zero-order valence-corrected chi connectivity index (χ0v) is 8.83. The molecule has 0 spiro atoms. The summed E-state index contributed by atoms with van der Waals surface area (Å²) in [4.78, 5) is 0. The zero-order chi connectivity index (χ0) is 9.83. The molecule has 0 unspecified atom stereocenters. The maximum absolute atomic E-state index is 9.48. The fourth-order valence-corrected chi connectivity index (χ4v) is 2.87. The van der Waals surface area contributed by atoms with E-state index in [1.807, 2.05) is 0 Å². The molecule has 0 heterocycles. The molecule has 0 aliphatic carbocycles. The fourth-order valence-electron chi connectivity index (χ4n) is 0.957. The lowest BCUT2D eigenvalue weighted by molar-refractivity contribution is -0.151. The molecule has 6 heteroatoms. The van der Waals surface area contributed by atoms with Crippen molar-refractivity contribution in [2.75, 3.05) is 21.3 Å². The third-order valence-corrected chi connectivity index (χ3v) is 4.74. The van der Waals surface area contributed by atoms with Crippen LogP contribution in [0.2, 0.25) is 0 Å². The second kappa shape index (κ2) is 4.31. The highest BCUT2D eigenvalue weighted by atomic mass is 28.4. The van der Waals surface area contributed by atoms with Crippen LogP contribution in [0, 0.1) is 0 Å². The molecule has 0 saturated carbocycles. The van der Waals surface area contributed by atoms with Crippen molar-refractivity contribution in [1.82, 2.24) is 0 Å². The van der Waals surface area contributed by atoms with Crippen molar-refractivity contribution in [1.29, 1.82) is 0 Å². The SMILES string of the molecule is CCC(O)(O)[Si](OC)(OC)OC. The molecule has 0 aromatic carbocycles. The summed E-state index contributed by atoms with van der Waals surface area (Å²) in [6, 6.07) is 0. The lowest BCUT2D eigenvalue weighted by Crippen LogP contribution is -2.63. The van der Waals surface area contributed by atoms with Crippen LogP contribution in [0.5, 0.6) is 0 Å². The third kappa shape index (κ3) is 1.84. The number of hydrogen-bond donors (Lipinski definition) is 2. The molecule has 0 aromatic heterocycles. The standard InChI is InChI=1S/C6H16O5Si/c1-5-6(7,8)12(9-2,10-3)11-4/h7-8H,5H2,1-4H3. The fraction of sp³-hybridized carbons (Fsp3) is 1.00. The molecule has 0 amide bonds. The lowest BCUT2D eigenvalue weighted by Gasteiger charge is -2.34. The van der Waals surface area contributed by atoms with Gasteiger partial charge in [0.1, 0.15) is 0 Å². The van der Waals surface area contributed by atoms with Gasteiger partial charge in [-0.3, -0.25) is 0 Å². The van der Waals surface area contributed by atoms with Crippen LogP contribution in [0.15, 0.2) is 0 Å². The van der Waals surface area contributed by atoms with E-state index in [4.69, 9.17) is 13.3 Å². The van der Waals surface area contributed by atoms with Crippen LogP contribution >= 0.6 is 0 Å². The van der Waals surface area contributed by atoms with Crippen LogP contribution in [0.4, 0.5) is 0 Å². The van der Waals surface area contributed by atoms with E-state index >= 15 is 0 Å². The molecule has 0 radical (unpaired) electrons. The largest absolute Gasteiger partial charge is 0.562 e. The predicted molar refractivity (Wildman–Crippen MR) is 44.2 cm³/mol. The first kappa shape index (κ1) is 12.0. The number of aliphatic hydroxyl groups is 2. The maximum Gasteiger partial charge on any atom is 0.562 e. The molecule has 0 fully saturated rings. The molecule has 0 atom stereocenters. The first-order valence-electron chi connectivity index (χ1n) is 3.59. The monoisotopic (exact) mass is 196 g/mol. The second-order valence-corrected chi connectivity index (χ2v) is 5.48. The first-order valence-corrected chi connectivity index (χ1v) is 5.32. The summed E-state index contributed by atoms with van der Waals surface area (Å²) in [5, 5.41) is 19.0. The van der Waals surface area contributed by atoms with E-state index in [1.54, 1.807) is 6.92 Å². The third-order valence-electron chi connectivity index (χ3n) is 1.79. The molecule has 0 aliphatic rings. The highest BCUT2D eigenvalue weighted by molar-refractivity contribution is 6.63. The van der Waals surface area contributed by atoms with Crippen molar-refractivity contribution in [3.05, 3.63) is 0 Å². The second-order valence-electron chi connectivity index (χ2n) is 2.34. The zero-order valence-electron chi connectivity index (χ0n) is 7.83. The van der Waals surface area contributed by atoms with Crippen LogP contribution in [0.3, 0.4) is 0 Å². The molecule has 0 bridgehead atoms. The summed E-state index contributed by atoms with van der Waals surface area (Å²) in [5.41, 5.74) is -2.02. The van der Waals surface area contributed by atoms with Crippen LogP contribution < -0.4 is 0 Å². The molecule has 0 aromatic rings. The summed E-state index contributed by atoms with van der Waals surface area (Å²) in [6.07, 6.45) is 0.0920. The Morgan fingerprint density at radius 2 is 1.42 bits per heavy atom. The van der Waals surface area contributed by atoms with E-state index in [0.29, 0.717) is 0 Å². The Hall–Kier alpha value is 0.0169. The van der Waals surface area contributed by atoms with Gasteiger partial charge in [0.05, 0.1) is 0 Å². The van der Waals surface area contributed by atoms with E-state index < -0.39 is 14.2 Å². The summed E-state index contributed by atoms with van der Waals surface area (Å²) >= 11 is 0. The number of rotatable bonds is 5. The minimum absolute atomic E-state index is 0.0920. The normalized spacial score (nSPS) is 13.5. The van der Waals surface area contributed by atoms with Crippen molar-refractivity contribution in [2.24, 2.45) is 0 Å². The minimum Gasteiger partial charge on any atom is -0.374 e. The van der Waals surface area contributed by atoms with Crippen LogP contribution in [-0.4, -0.2) is 45.8 Å². The topological polar surface area (TPSA) is 68.2 Å². The Morgan fingerprint density at radius 1 is 1.08 bits per heavy atom. The number of hydrogen-bond acceptors (Lipinski definition) is 5. The van der Waals surface area contributed by atoms with Crippen molar-refractivity contribution in [3.8, 4) is 0 Å². The Labute approximate surface area is 73.2 Å². The lowest BCUT2D eigenvalue weighted by atomic mass is 10.5. The molecular weight excluding hydrogens is 180 g/mol. The van der Waals surface area contributed by atoms with Gasteiger partial charge in [-0.15, -0.1) is 0 Å². The van der Waals surface area contributed by atoms with Gasteiger partial charge in [-0.05, 0) is 0 Å². The predicted octanol–water partition coefficient (Wildman–Crippen LogP) is -0.505. The summed E-state index contributed by atoms with van der Waals surface area (Å²) in [5.74, 6) is 0. The van der Waals surface area contributed by atoms with Gasteiger partial charge in [0.2, 0.25) is 5.41 Å². The Balaban J connectivity index is 4.69. The van der Waals surface area contributed by atoms with Gasteiger partial charge in [-0.1, -0.05) is 6.92 Å². The van der Waals surface area contributed by atoms with Crippen molar-refractivity contribution < 1.29 is 23.5 Å². The Bertz CT molecular complexity index is 126. The van der Waals surface area contributed by atoms with Crippen LogP contribution in [-0.2, 0) is 13.3 Å².